The van der Waals surface area contributed by atoms with Crippen LogP contribution in [0.5, 0.6) is 0 Å². The Bertz CT molecular complexity index is 621. The molecule has 1 aromatic rings. The number of hydrogen-bond acceptors (Lipinski definition) is 8. The number of para-hydroxylation sites is 2. The average Bonchev–Trinajstić information content (AvgIpc) is 2.67. The van der Waals surface area contributed by atoms with Gasteiger partial charge in [0.1, 0.15) is 24.4 Å². The Hall–Kier alpha value is -1.75. The highest BCUT2D eigenvalue weighted by Crippen LogP contribution is 2.28. The van der Waals surface area contributed by atoms with E-state index in [-0.39, 0.29) is 0 Å². The zero-order valence-electron chi connectivity index (χ0n) is 14.2. The highest BCUT2D eigenvalue weighted by molar-refractivity contribution is 5.97. The normalized spacial score (nSPS) is 32.3. The number of benzene rings is 1. The van der Waals surface area contributed by atoms with Crippen LogP contribution in [0.1, 0.15) is 0 Å². The second-order valence-electron chi connectivity index (χ2n) is 6.36. The Morgan fingerprint density at radius 2 is 1.81 bits per heavy atom. The number of nitrogens with one attached hydrogen (secondary N) is 1. The van der Waals surface area contributed by atoms with Crippen LogP contribution in [-0.2, 0) is 14.3 Å². The van der Waals surface area contributed by atoms with E-state index >= 15 is 0 Å². The molecular weight excluding hydrogens is 344 g/mol. The average molecular weight is 368 g/mol. The molecule has 26 heavy (non-hydrogen) atoms. The van der Waals surface area contributed by atoms with Gasteiger partial charge in [0.15, 0.2) is 6.10 Å². The van der Waals surface area contributed by atoms with Crippen molar-refractivity contribution >= 4 is 17.3 Å². The number of carbonyl (C=O) groups is 1. The van der Waals surface area contributed by atoms with Crippen molar-refractivity contribution in [1.82, 2.24) is 0 Å². The maximum atomic E-state index is 12.6. The zero-order chi connectivity index (χ0) is 18.7. The Labute approximate surface area is 150 Å². The van der Waals surface area contributed by atoms with Gasteiger partial charge in [-0.25, -0.2) is 0 Å². The number of morpholine rings is 1. The van der Waals surface area contributed by atoms with E-state index in [0.29, 0.717) is 32.0 Å². The molecule has 9 nitrogen and oxygen atoms in total. The van der Waals surface area contributed by atoms with E-state index in [4.69, 9.17) is 9.47 Å². The van der Waals surface area contributed by atoms with Crippen LogP contribution < -0.4 is 10.2 Å². The van der Waals surface area contributed by atoms with Crippen molar-refractivity contribution in [2.24, 2.45) is 0 Å². The van der Waals surface area contributed by atoms with E-state index in [0.717, 1.165) is 5.69 Å². The Balaban J connectivity index is 1.75. The summed E-state index contributed by atoms with van der Waals surface area (Å²) >= 11 is 0. The van der Waals surface area contributed by atoms with Gasteiger partial charge in [-0.15, -0.1) is 0 Å². The van der Waals surface area contributed by atoms with Crippen LogP contribution in [0.15, 0.2) is 24.3 Å². The quantitative estimate of drug-likeness (QED) is 0.425. The lowest BCUT2D eigenvalue weighted by Crippen LogP contribution is -2.61. The summed E-state index contributed by atoms with van der Waals surface area (Å²) in [4.78, 5) is 14.7. The molecule has 1 aromatic carbocycles. The van der Waals surface area contributed by atoms with Gasteiger partial charge < -0.3 is 40.1 Å². The fraction of sp³-hybridized carbons (Fsp3) is 0.588. The second-order valence-corrected chi connectivity index (χ2v) is 6.36. The maximum Gasteiger partial charge on any atom is 0.256 e. The van der Waals surface area contributed by atoms with Crippen LogP contribution in [-0.4, -0.2) is 89.8 Å². The molecule has 2 aliphatic heterocycles. The van der Waals surface area contributed by atoms with Crippen LogP contribution in [0.3, 0.4) is 0 Å². The third-order valence-corrected chi connectivity index (χ3v) is 4.66. The van der Waals surface area contributed by atoms with Crippen molar-refractivity contribution in [3.05, 3.63) is 24.3 Å². The summed E-state index contributed by atoms with van der Waals surface area (Å²) in [5.41, 5.74) is 1.35. The zero-order valence-corrected chi connectivity index (χ0v) is 14.2. The molecule has 0 radical (unpaired) electrons. The number of amides is 1. The monoisotopic (exact) mass is 368 g/mol. The standard InChI is InChI=1S/C17H24N2O7/c20-9-12-13(21)14(22)15(23)16(26-12)17(24)18-10-3-1-2-4-11(10)19-5-7-25-8-6-19/h1-4,12-16,20-23H,5-9H2,(H,18,24)/t12-,13+,14+,15-,16-/m1/s1. The van der Waals surface area contributed by atoms with Crippen LogP contribution in [0, 0.1) is 0 Å². The summed E-state index contributed by atoms with van der Waals surface area (Å²) in [5, 5.41) is 41.7. The van der Waals surface area contributed by atoms with Crippen molar-refractivity contribution in [2.45, 2.75) is 30.5 Å². The number of aliphatic hydroxyl groups is 4. The lowest BCUT2D eigenvalue weighted by molar-refractivity contribution is -0.224. The summed E-state index contributed by atoms with van der Waals surface area (Å²) in [5.74, 6) is -0.664. The topological polar surface area (TPSA) is 132 Å². The number of carbonyl (C=O) groups excluding carboxylic acids is 1. The van der Waals surface area contributed by atoms with Crippen molar-refractivity contribution in [2.75, 3.05) is 43.1 Å². The molecule has 2 saturated heterocycles. The molecule has 2 fully saturated rings. The summed E-state index contributed by atoms with van der Waals surface area (Å²) in [6, 6.07) is 7.22. The van der Waals surface area contributed by atoms with E-state index in [1.807, 2.05) is 12.1 Å². The predicted molar refractivity (Wildman–Crippen MR) is 91.9 cm³/mol. The van der Waals surface area contributed by atoms with Gasteiger partial charge in [-0.1, -0.05) is 12.1 Å². The van der Waals surface area contributed by atoms with Gasteiger partial charge in [-0.3, -0.25) is 4.79 Å². The molecule has 2 aliphatic rings. The van der Waals surface area contributed by atoms with Crippen molar-refractivity contribution in [1.29, 1.82) is 0 Å². The van der Waals surface area contributed by atoms with Gasteiger partial charge in [0.25, 0.3) is 5.91 Å². The first-order valence-electron chi connectivity index (χ1n) is 8.56. The van der Waals surface area contributed by atoms with Gasteiger partial charge in [-0.2, -0.15) is 0 Å². The SMILES string of the molecule is O=C(Nc1ccccc1N1CCOCC1)[C@@H]1O[C@H](CO)[C@H](O)[C@H](O)[C@H]1O. The molecule has 0 bridgehead atoms. The largest absolute Gasteiger partial charge is 0.394 e. The summed E-state index contributed by atoms with van der Waals surface area (Å²) in [7, 11) is 0. The molecule has 3 rings (SSSR count). The highest BCUT2D eigenvalue weighted by Gasteiger charge is 2.46. The molecule has 2 heterocycles. The lowest BCUT2D eigenvalue weighted by atomic mass is 9.94. The molecular formula is C17H24N2O7. The molecule has 144 valence electrons. The van der Waals surface area contributed by atoms with E-state index in [9.17, 15) is 25.2 Å². The summed E-state index contributed by atoms with van der Waals surface area (Å²) in [6.07, 6.45) is -7.24. The Morgan fingerprint density at radius 3 is 2.50 bits per heavy atom. The number of hydrogen-bond donors (Lipinski definition) is 5. The second kappa shape index (κ2) is 8.30. The maximum absolute atomic E-state index is 12.6. The van der Waals surface area contributed by atoms with Gasteiger partial charge >= 0.3 is 0 Å². The molecule has 1 amide bonds. The van der Waals surface area contributed by atoms with Crippen LogP contribution in [0.4, 0.5) is 11.4 Å². The fourth-order valence-electron chi connectivity index (χ4n) is 3.18. The van der Waals surface area contributed by atoms with Crippen LogP contribution in [0.2, 0.25) is 0 Å². The van der Waals surface area contributed by atoms with E-state index in [1.165, 1.54) is 0 Å². The minimum Gasteiger partial charge on any atom is -0.394 e. The third kappa shape index (κ3) is 3.83. The predicted octanol–water partition coefficient (Wildman–Crippen LogP) is -1.70. The first kappa shape index (κ1) is 19.0. The molecule has 0 spiro atoms. The molecule has 5 atom stereocenters. The molecule has 9 heteroatoms. The van der Waals surface area contributed by atoms with Gasteiger partial charge in [0.2, 0.25) is 0 Å². The fourth-order valence-corrected chi connectivity index (χ4v) is 3.18. The minimum atomic E-state index is -1.61. The van der Waals surface area contributed by atoms with Gasteiger partial charge in [0.05, 0.1) is 31.2 Å². The van der Waals surface area contributed by atoms with E-state index in [1.54, 1.807) is 12.1 Å². The first-order chi connectivity index (χ1) is 12.5. The lowest BCUT2D eigenvalue weighted by Gasteiger charge is -2.39. The van der Waals surface area contributed by atoms with Crippen LogP contribution >= 0.6 is 0 Å². The third-order valence-electron chi connectivity index (χ3n) is 4.66. The van der Waals surface area contributed by atoms with Crippen LogP contribution in [0.25, 0.3) is 0 Å². The van der Waals surface area contributed by atoms with Gasteiger partial charge in [0, 0.05) is 13.1 Å². The first-order valence-corrected chi connectivity index (χ1v) is 8.56. The molecule has 0 aromatic heterocycles. The van der Waals surface area contributed by atoms with E-state index < -0.39 is 43.0 Å². The summed E-state index contributed by atoms with van der Waals surface area (Å²) in [6.45, 7) is 1.98. The smallest absolute Gasteiger partial charge is 0.256 e. The molecule has 0 aliphatic carbocycles. The molecule has 0 unspecified atom stereocenters. The summed E-state index contributed by atoms with van der Waals surface area (Å²) < 4.78 is 10.6. The highest BCUT2D eigenvalue weighted by atomic mass is 16.5. The molecule has 5 N–H and O–H groups in total. The minimum absolute atomic E-state index is 0.538. The number of anilines is 2. The van der Waals surface area contributed by atoms with Crippen molar-refractivity contribution < 1.29 is 34.7 Å². The number of nitrogens with zero attached hydrogens (tertiary/aromatic N) is 1. The van der Waals surface area contributed by atoms with Crippen molar-refractivity contribution in [3.8, 4) is 0 Å². The molecule has 0 saturated carbocycles. The number of ether oxygens (including phenoxy) is 2. The Kier molecular flexibility index (Phi) is 6.07. The van der Waals surface area contributed by atoms with Gasteiger partial charge in [-0.05, 0) is 12.1 Å². The Morgan fingerprint density at radius 1 is 1.12 bits per heavy atom. The van der Waals surface area contributed by atoms with Crippen molar-refractivity contribution in [3.63, 3.8) is 0 Å². The van der Waals surface area contributed by atoms with E-state index in [2.05, 4.69) is 10.2 Å². The number of aliphatic hydroxyl groups excluding tert-OH is 4. The number of rotatable bonds is 4.